The molecule has 5 unspecified atom stereocenters. The van der Waals surface area contributed by atoms with Crippen molar-refractivity contribution in [3.05, 3.63) is 0 Å². The Morgan fingerprint density at radius 3 is 1.85 bits per heavy atom. The average molecular weight is 489 g/mol. The zero-order chi connectivity index (χ0) is 26.6. The molecule has 0 aliphatic carbocycles. The minimum absolute atomic E-state index is 0.0285. The van der Waals surface area contributed by atoms with E-state index in [4.69, 9.17) is 22.9 Å². The van der Waals surface area contributed by atoms with Crippen LogP contribution in [-0.2, 0) is 24.0 Å². The first kappa shape index (κ1) is 30.5. The molecule has 0 radical (unpaired) electrons. The van der Waals surface area contributed by atoms with Crippen LogP contribution in [0.4, 0.5) is 0 Å². The van der Waals surface area contributed by atoms with Crippen molar-refractivity contribution < 1.29 is 34.2 Å². The summed E-state index contributed by atoms with van der Waals surface area (Å²) in [5.41, 5.74) is 21.0. The third kappa shape index (κ3) is 11.4. The first-order chi connectivity index (χ1) is 15.7. The van der Waals surface area contributed by atoms with Crippen LogP contribution in [0, 0.1) is 5.92 Å². The Morgan fingerprint density at radius 1 is 0.882 bits per heavy atom. The van der Waals surface area contributed by atoms with E-state index in [0.29, 0.717) is 0 Å². The van der Waals surface area contributed by atoms with Gasteiger partial charge in [-0.15, -0.1) is 0 Å². The lowest BCUT2D eigenvalue weighted by Gasteiger charge is -2.28. The number of primary amides is 1. The van der Waals surface area contributed by atoms with Gasteiger partial charge < -0.3 is 49.1 Å². The molecule has 0 spiro atoms. The van der Waals surface area contributed by atoms with Gasteiger partial charge in [-0.25, -0.2) is 4.79 Å². The molecule has 194 valence electrons. The van der Waals surface area contributed by atoms with Gasteiger partial charge in [0.2, 0.25) is 23.6 Å². The maximum absolute atomic E-state index is 12.7. The van der Waals surface area contributed by atoms with E-state index in [1.807, 2.05) is 0 Å². The molecule has 0 fully saturated rings. The summed E-state index contributed by atoms with van der Waals surface area (Å²) in [6.45, 7) is 4.61. The van der Waals surface area contributed by atoms with Crippen molar-refractivity contribution in [3.8, 4) is 0 Å². The van der Waals surface area contributed by atoms with Gasteiger partial charge in [-0.1, -0.05) is 13.8 Å². The highest BCUT2D eigenvalue weighted by atomic mass is 16.4. The van der Waals surface area contributed by atoms with E-state index in [9.17, 15) is 34.2 Å². The van der Waals surface area contributed by atoms with E-state index < -0.39 is 72.2 Å². The number of hydrogen-bond acceptors (Lipinski definition) is 8. The average Bonchev–Trinajstić information content (AvgIpc) is 2.70. The van der Waals surface area contributed by atoms with Crippen LogP contribution in [-0.4, -0.2) is 82.6 Å². The maximum Gasteiger partial charge on any atom is 0.326 e. The normalized spacial score (nSPS) is 15.2. The monoisotopic (exact) mass is 488 g/mol. The highest BCUT2D eigenvalue weighted by molar-refractivity contribution is 5.95. The molecule has 13 N–H and O–H groups in total. The molecule has 0 bridgehead atoms. The number of nitrogens with zero attached hydrogens (tertiary/aromatic N) is 1. The van der Waals surface area contributed by atoms with E-state index in [1.54, 1.807) is 13.8 Å². The number of hydrogen-bond donors (Lipinski definition) is 9. The summed E-state index contributed by atoms with van der Waals surface area (Å²) in [7, 11) is 0. The minimum atomic E-state index is -1.50. The van der Waals surface area contributed by atoms with Gasteiger partial charge in [0.1, 0.15) is 18.1 Å². The third-order valence-corrected chi connectivity index (χ3v) is 4.63. The summed E-state index contributed by atoms with van der Waals surface area (Å²) < 4.78 is 0. The smallest absolute Gasteiger partial charge is 0.326 e. The molecule has 0 rings (SSSR count). The van der Waals surface area contributed by atoms with Crippen LogP contribution in [0.1, 0.15) is 40.0 Å². The summed E-state index contributed by atoms with van der Waals surface area (Å²) in [5.74, 6) is -5.34. The van der Waals surface area contributed by atoms with Gasteiger partial charge in [-0.05, 0) is 25.7 Å². The summed E-state index contributed by atoms with van der Waals surface area (Å²) in [5, 5.41) is 26.3. The van der Waals surface area contributed by atoms with Gasteiger partial charge in [0.05, 0.1) is 18.6 Å². The first-order valence-corrected chi connectivity index (χ1v) is 10.6. The van der Waals surface area contributed by atoms with Crippen LogP contribution in [0.5, 0.6) is 0 Å². The van der Waals surface area contributed by atoms with Crippen molar-refractivity contribution in [3.63, 3.8) is 0 Å². The molecule has 0 saturated heterocycles. The number of nitrogens with one attached hydrogen (secondary N) is 3. The Balaban J connectivity index is 5.31. The molecule has 5 atom stereocenters. The maximum atomic E-state index is 12.7. The Hall–Kier alpha value is -3.46. The van der Waals surface area contributed by atoms with Gasteiger partial charge >= 0.3 is 5.97 Å². The summed E-state index contributed by atoms with van der Waals surface area (Å²) >= 11 is 0. The van der Waals surface area contributed by atoms with Gasteiger partial charge in [0.15, 0.2) is 5.96 Å². The molecular weight excluding hydrogens is 452 g/mol. The van der Waals surface area contributed by atoms with Crippen LogP contribution in [0.3, 0.4) is 0 Å². The van der Waals surface area contributed by atoms with Crippen molar-refractivity contribution in [2.45, 2.75) is 70.3 Å². The third-order valence-electron chi connectivity index (χ3n) is 4.63. The lowest BCUT2D eigenvalue weighted by Crippen LogP contribution is -2.60. The van der Waals surface area contributed by atoms with Crippen LogP contribution in [0.2, 0.25) is 0 Å². The second-order valence-corrected chi connectivity index (χ2v) is 8.08. The molecule has 34 heavy (non-hydrogen) atoms. The molecular formula is C19H36N8O7. The van der Waals surface area contributed by atoms with Gasteiger partial charge in [0.25, 0.3) is 0 Å². The van der Waals surface area contributed by atoms with Gasteiger partial charge in [-0.2, -0.15) is 0 Å². The molecule has 0 aromatic rings. The van der Waals surface area contributed by atoms with E-state index in [-0.39, 0.29) is 25.3 Å². The molecule has 15 heteroatoms. The van der Waals surface area contributed by atoms with Crippen molar-refractivity contribution in [1.82, 2.24) is 16.0 Å². The number of rotatable bonds is 15. The summed E-state index contributed by atoms with van der Waals surface area (Å²) in [6.07, 6.45) is -1.56. The zero-order valence-electron chi connectivity index (χ0n) is 19.5. The van der Waals surface area contributed by atoms with Crippen molar-refractivity contribution in [1.29, 1.82) is 0 Å². The Bertz CT molecular complexity index is 768. The Labute approximate surface area is 197 Å². The number of carboxylic acid groups (broad SMARTS) is 1. The zero-order valence-corrected chi connectivity index (χ0v) is 19.5. The highest BCUT2D eigenvalue weighted by Gasteiger charge is 2.33. The van der Waals surface area contributed by atoms with E-state index >= 15 is 0 Å². The SMILES string of the molecule is CC(C)C(NC(=O)C(NC(=O)C(N)CC(N)=O)C(C)O)C(=O)NC(CCCN=C(N)N)C(=O)O. The fourth-order valence-corrected chi connectivity index (χ4v) is 2.78. The topological polar surface area (TPSA) is 278 Å². The Kier molecular flexibility index (Phi) is 13.2. The second kappa shape index (κ2) is 14.6. The number of nitrogens with two attached hydrogens (primary N) is 4. The number of amides is 4. The molecule has 0 heterocycles. The second-order valence-electron chi connectivity index (χ2n) is 8.08. The van der Waals surface area contributed by atoms with Crippen LogP contribution >= 0.6 is 0 Å². The number of aliphatic hydroxyl groups is 1. The lowest BCUT2D eigenvalue weighted by atomic mass is 10.0. The number of guanidine groups is 1. The number of carboxylic acids is 1. The van der Waals surface area contributed by atoms with Crippen LogP contribution < -0.4 is 38.9 Å². The van der Waals surface area contributed by atoms with Crippen LogP contribution in [0.25, 0.3) is 0 Å². The largest absolute Gasteiger partial charge is 0.480 e. The predicted octanol–water partition coefficient (Wildman–Crippen LogP) is -4.18. The lowest BCUT2D eigenvalue weighted by molar-refractivity contribution is -0.143. The molecule has 0 saturated carbocycles. The number of aliphatic hydroxyl groups excluding tert-OH is 1. The highest BCUT2D eigenvalue weighted by Crippen LogP contribution is 2.07. The number of carbonyl (C=O) groups is 5. The first-order valence-electron chi connectivity index (χ1n) is 10.6. The quantitative estimate of drug-likeness (QED) is 0.0608. The van der Waals surface area contributed by atoms with Crippen LogP contribution in [0.15, 0.2) is 4.99 Å². The van der Waals surface area contributed by atoms with Crippen molar-refractivity contribution in [2.75, 3.05) is 6.54 Å². The van der Waals surface area contributed by atoms with Gasteiger partial charge in [-0.3, -0.25) is 24.2 Å². The standard InChI is InChI=1S/C19H36N8O7/c1-8(2)13(16(31)25-11(18(33)34)5-4-6-24-19(22)23)26-17(32)14(9(3)28)27-15(30)10(20)7-12(21)29/h8-11,13-14,28H,4-7,20H2,1-3H3,(H2,21,29)(H,25,31)(H,26,32)(H,27,30)(H,33,34)(H4,22,23,24). The van der Waals surface area contributed by atoms with E-state index in [1.165, 1.54) is 6.92 Å². The summed E-state index contributed by atoms with van der Waals surface area (Å²) in [6, 6.07) is -5.30. The molecule has 15 nitrogen and oxygen atoms in total. The fourth-order valence-electron chi connectivity index (χ4n) is 2.78. The molecule has 0 aromatic carbocycles. The number of aliphatic carboxylic acids is 1. The predicted molar refractivity (Wildman–Crippen MR) is 122 cm³/mol. The Morgan fingerprint density at radius 2 is 1.41 bits per heavy atom. The van der Waals surface area contributed by atoms with Crippen molar-refractivity contribution >= 4 is 35.6 Å². The number of aliphatic imine (C=N–C) groups is 1. The molecule has 0 aliphatic rings. The molecule has 0 aromatic heterocycles. The summed E-state index contributed by atoms with van der Waals surface area (Å²) in [4.78, 5) is 63.8. The molecule has 0 aliphatic heterocycles. The van der Waals surface area contributed by atoms with E-state index in [2.05, 4.69) is 20.9 Å². The van der Waals surface area contributed by atoms with E-state index in [0.717, 1.165) is 0 Å². The fraction of sp³-hybridized carbons (Fsp3) is 0.684. The van der Waals surface area contributed by atoms with Crippen molar-refractivity contribution in [2.24, 2.45) is 33.8 Å². The van der Waals surface area contributed by atoms with Gasteiger partial charge in [0, 0.05) is 6.54 Å². The number of carbonyl (C=O) groups excluding carboxylic acids is 4. The minimum Gasteiger partial charge on any atom is -0.480 e. The molecule has 4 amide bonds.